The molecule has 0 radical (unpaired) electrons. The maximum Gasteiger partial charge on any atom is 0.277 e. The average Bonchev–Trinajstić information content (AvgIpc) is 2.36. The Labute approximate surface area is 69.5 Å². The standard InChI is InChI=1S/C7H12F2N2O/c8-7(9,4-10)5-11-3-1-2-6(11)12/h1-5,10H2. The molecule has 0 spiro atoms. The molecular weight excluding hydrogens is 166 g/mol. The Morgan fingerprint density at radius 1 is 1.58 bits per heavy atom. The molecule has 0 unspecified atom stereocenters. The fourth-order valence-corrected chi connectivity index (χ4v) is 1.21. The minimum absolute atomic E-state index is 0.192. The SMILES string of the molecule is NCC(F)(F)CN1CCCC1=O. The Morgan fingerprint density at radius 2 is 2.25 bits per heavy atom. The van der Waals surface area contributed by atoms with Crippen molar-refractivity contribution < 1.29 is 13.6 Å². The molecule has 0 saturated carbocycles. The van der Waals surface area contributed by atoms with Crippen molar-refractivity contribution in [3.63, 3.8) is 0 Å². The molecule has 1 heterocycles. The van der Waals surface area contributed by atoms with E-state index in [4.69, 9.17) is 5.73 Å². The predicted octanol–water partition coefficient (Wildman–Crippen LogP) is 0.203. The summed E-state index contributed by atoms with van der Waals surface area (Å²) < 4.78 is 25.3. The molecule has 70 valence electrons. The summed E-state index contributed by atoms with van der Waals surface area (Å²) in [6, 6.07) is 0. The highest BCUT2D eigenvalue weighted by Crippen LogP contribution is 2.18. The van der Waals surface area contributed by atoms with Gasteiger partial charge in [-0.15, -0.1) is 0 Å². The summed E-state index contributed by atoms with van der Waals surface area (Å²) in [5.74, 6) is -3.12. The number of hydrogen-bond donors (Lipinski definition) is 1. The normalized spacial score (nSPS) is 18.9. The molecule has 1 fully saturated rings. The number of alkyl halides is 2. The van der Waals surface area contributed by atoms with Gasteiger partial charge in [0.15, 0.2) is 0 Å². The minimum Gasteiger partial charge on any atom is -0.337 e. The lowest BCUT2D eigenvalue weighted by atomic mass is 10.3. The van der Waals surface area contributed by atoms with Crippen LogP contribution in [-0.2, 0) is 4.79 Å². The van der Waals surface area contributed by atoms with Crippen molar-refractivity contribution >= 4 is 5.91 Å². The van der Waals surface area contributed by atoms with E-state index in [0.29, 0.717) is 19.4 Å². The van der Waals surface area contributed by atoms with E-state index >= 15 is 0 Å². The monoisotopic (exact) mass is 178 g/mol. The second kappa shape index (κ2) is 3.35. The molecule has 1 aliphatic heterocycles. The molecule has 0 bridgehead atoms. The highest BCUT2D eigenvalue weighted by Gasteiger charge is 2.33. The highest BCUT2D eigenvalue weighted by atomic mass is 19.3. The fraction of sp³-hybridized carbons (Fsp3) is 0.857. The highest BCUT2D eigenvalue weighted by molar-refractivity contribution is 5.78. The van der Waals surface area contributed by atoms with E-state index in [-0.39, 0.29) is 5.91 Å². The second-order valence-electron chi connectivity index (χ2n) is 2.98. The molecule has 1 saturated heterocycles. The molecular formula is C7H12F2N2O. The van der Waals surface area contributed by atoms with Gasteiger partial charge in [0, 0.05) is 13.0 Å². The molecule has 1 rings (SSSR count). The predicted molar refractivity (Wildman–Crippen MR) is 39.8 cm³/mol. The molecule has 2 N–H and O–H groups in total. The van der Waals surface area contributed by atoms with Crippen LogP contribution in [0, 0.1) is 0 Å². The van der Waals surface area contributed by atoms with Crippen LogP contribution in [0.15, 0.2) is 0 Å². The molecule has 1 aliphatic rings. The van der Waals surface area contributed by atoms with Crippen LogP contribution in [0.1, 0.15) is 12.8 Å². The number of rotatable bonds is 3. The van der Waals surface area contributed by atoms with Crippen molar-refractivity contribution in [2.75, 3.05) is 19.6 Å². The number of carbonyl (C=O) groups is 1. The summed E-state index contributed by atoms with van der Waals surface area (Å²) in [5.41, 5.74) is 4.84. The van der Waals surface area contributed by atoms with Crippen LogP contribution in [0.4, 0.5) is 8.78 Å². The largest absolute Gasteiger partial charge is 0.337 e. The molecule has 3 nitrogen and oxygen atoms in total. The average molecular weight is 178 g/mol. The summed E-state index contributed by atoms with van der Waals surface area (Å²) in [7, 11) is 0. The van der Waals surface area contributed by atoms with E-state index in [1.807, 2.05) is 0 Å². The number of likely N-dealkylation sites (tertiary alicyclic amines) is 1. The Balaban J connectivity index is 2.45. The van der Waals surface area contributed by atoms with Gasteiger partial charge in [0.2, 0.25) is 5.91 Å². The first-order chi connectivity index (χ1) is 5.55. The summed E-state index contributed by atoms with van der Waals surface area (Å²) >= 11 is 0. The van der Waals surface area contributed by atoms with Gasteiger partial charge in [0.25, 0.3) is 5.92 Å². The minimum atomic E-state index is -2.93. The summed E-state index contributed by atoms with van der Waals surface area (Å²) in [4.78, 5) is 12.1. The lowest BCUT2D eigenvalue weighted by molar-refractivity contribution is -0.132. The maximum absolute atomic E-state index is 12.7. The topological polar surface area (TPSA) is 46.3 Å². The van der Waals surface area contributed by atoms with Gasteiger partial charge in [-0.1, -0.05) is 0 Å². The third-order valence-corrected chi connectivity index (χ3v) is 1.89. The van der Waals surface area contributed by atoms with E-state index in [0.717, 1.165) is 0 Å². The van der Waals surface area contributed by atoms with Crippen LogP contribution in [0.25, 0.3) is 0 Å². The zero-order valence-corrected chi connectivity index (χ0v) is 6.72. The quantitative estimate of drug-likeness (QED) is 0.671. The summed E-state index contributed by atoms with van der Waals surface area (Å²) in [6.45, 7) is -0.784. The van der Waals surface area contributed by atoms with Gasteiger partial charge in [-0.2, -0.15) is 0 Å². The van der Waals surface area contributed by atoms with Gasteiger partial charge in [0.1, 0.15) is 0 Å². The molecule has 0 atom stereocenters. The van der Waals surface area contributed by atoms with E-state index < -0.39 is 19.0 Å². The zero-order chi connectivity index (χ0) is 9.19. The molecule has 12 heavy (non-hydrogen) atoms. The van der Waals surface area contributed by atoms with Gasteiger partial charge in [-0.25, -0.2) is 8.78 Å². The third-order valence-electron chi connectivity index (χ3n) is 1.89. The number of carbonyl (C=O) groups excluding carboxylic acids is 1. The Bertz CT molecular complexity index is 184. The number of amides is 1. The van der Waals surface area contributed by atoms with Crippen LogP contribution >= 0.6 is 0 Å². The van der Waals surface area contributed by atoms with Crippen LogP contribution in [-0.4, -0.2) is 36.4 Å². The summed E-state index contributed by atoms with van der Waals surface area (Å²) in [5, 5.41) is 0. The van der Waals surface area contributed by atoms with Crippen LogP contribution in [0.2, 0.25) is 0 Å². The lowest BCUT2D eigenvalue weighted by Crippen LogP contribution is -2.42. The van der Waals surface area contributed by atoms with Crippen molar-refractivity contribution in [2.24, 2.45) is 5.73 Å². The smallest absolute Gasteiger partial charge is 0.277 e. The number of hydrogen-bond acceptors (Lipinski definition) is 2. The lowest BCUT2D eigenvalue weighted by Gasteiger charge is -2.21. The van der Waals surface area contributed by atoms with Crippen molar-refractivity contribution in [3.05, 3.63) is 0 Å². The first-order valence-electron chi connectivity index (χ1n) is 3.91. The van der Waals surface area contributed by atoms with Gasteiger partial charge in [-0.3, -0.25) is 4.79 Å². The van der Waals surface area contributed by atoms with Crippen molar-refractivity contribution in [1.82, 2.24) is 4.90 Å². The fourth-order valence-electron chi connectivity index (χ4n) is 1.21. The molecule has 0 aromatic rings. The van der Waals surface area contributed by atoms with Crippen LogP contribution in [0.3, 0.4) is 0 Å². The first-order valence-corrected chi connectivity index (χ1v) is 3.91. The van der Waals surface area contributed by atoms with Gasteiger partial charge < -0.3 is 10.6 Å². The molecule has 0 aromatic heterocycles. The van der Waals surface area contributed by atoms with Crippen molar-refractivity contribution in [3.8, 4) is 0 Å². The van der Waals surface area contributed by atoms with E-state index in [9.17, 15) is 13.6 Å². The maximum atomic E-state index is 12.7. The number of nitrogens with two attached hydrogens (primary N) is 1. The van der Waals surface area contributed by atoms with Gasteiger partial charge >= 0.3 is 0 Å². The van der Waals surface area contributed by atoms with E-state index in [1.165, 1.54) is 4.90 Å². The second-order valence-corrected chi connectivity index (χ2v) is 2.98. The molecule has 1 amide bonds. The third kappa shape index (κ3) is 2.14. The Hall–Kier alpha value is -0.710. The van der Waals surface area contributed by atoms with Crippen molar-refractivity contribution in [2.45, 2.75) is 18.8 Å². The number of halogens is 2. The Kier molecular flexibility index (Phi) is 2.62. The van der Waals surface area contributed by atoms with Gasteiger partial charge in [0.05, 0.1) is 13.1 Å². The van der Waals surface area contributed by atoms with E-state index in [2.05, 4.69) is 0 Å². The van der Waals surface area contributed by atoms with E-state index in [1.54, 1.807) is 0 Å². The molecule has 5 heteroatoms. The zero-order valence-electron chi connectivity index (χ0n) is 6.72. The Morgan fingerprint density at radius 3 is 2.67 bits per heavy atom. The van der Waals surface area contributed by atoms with Crippen LogP contribution < -0.4 is 5.73 Å². The van der Waals surface area contributed by atoms with Crippen molar-refractivity contribution in [1.29, 1.82) is 0 Å². The van der Waals surface area contributed by atoms with Crippen LogP contribution in [0.5, 0.6) is 0 Å². The number of nitrogens with zero attached hydrogens (tertiary/aromatic N) is 1. The summed E-state index contributed by atoms with van der Waals surface area (Å²) in [6.07, 6.45) is 1.07. The molecule has 0 aromatic carbocycles. The van der Waals surface area contributed by atoms with Gasteiger partial charge in [-0.05, 0) is 6.42 Å². The first kappa shape index (κ1) is 9.38. The molecule has 0 aliphatic carbocycles.